The molecule has 1 heterocycles. The van der Waals surface area contributed by atoms with Crippen molar-refractivity contribution in [3.05, 3.63) is 12.3 Å². The second kappa shape index (κ2) is 5.37. The number of hydrogen-bond donors (Lipinski definition) is 3. The molecule has 4 heteroatoms. The lowest BCUT2D eigenvalue weighted by atomic mass is 10.4. The summed E-state index contributed by atoms with van der Waals surface area (Å²) in [7, 11) is 0. The van der Waals surface area contributed by atoms with Crippen LogP contribution in [0.25, 0.3) is 0 Å². The molecule has 1 unspecified atom stereocenters. The van der Waals surface area contributed by atoms with E-state index in [1.807, 2.05) is 12.3 Å². The van der Waals surface area contributed by atoms with Crippen LogP contribution in [0.15, 0.2) is 12.3 Å². The molecule has 0 aliphatic carbocycles. The van der Waals surface area contributed by atoms with Gasteiger partial charge >= 0.3 is 0 Å². The largest absolute Gasteiger partial charge is 0.375 e. The number of thiol groups is 1. The molecule has 0 amide bonds. The van der Waals surface area contributed by atoms with Gasteiger partial charge in [0.15, 0.2) is 0 Å². The van der Waals surface area contributed by atoms with Crippen LogP contribution in [0, 0.1) is 0 Å². The zero-order valence-corrected chi connectivity index (χ0v) is 8.23. The van der Waals surface area contributed by atoms with Crippen LogP contribution in [-0.4, -0.2) is 18.5 Å². The van der Waals surface area contributed by atoms with E-state index >= 15 is 0 Å². The molecule has 0 radical (unpaired) electrons. The van der Waals surface area contributed by atoms with Crippen molar-refractivity contribution in [1.29, 1.82) is 0 Å². The average Bonchev–Trinajstić information content (AvgIpc) is 1.90. The van der Waals surface area contributed by atoms with Gasteiger partial charge in [-0.3, -0.25) is 5.32 Å². The summed E-state index contributed by atoms with van der Waals surface area (Å²) >= 11 is 4.10. The topological polar surface area (TPSA) is 24.1 Å². The SMILES string of the molecule is I.SCC1NC=CCN1. The summed E-state index contributed by atoms with van der Waals surface area (Å²) in [4.78, 5) is 0. The Balaban J connectivity index is 0.000000640. The minimum absolute atomic E-state index is 0. The molecule has 0 aromatic rings. The number of rotatable bonds is 1. The summed E-state index contributed by atoms with van der Waals surface area (Å²) in [6.45, 7) is 0.957. The fraction of sp³-hybridized carbons (Fsp3) is 0.600. The molecule has 1 rings (SSSR count). The van der Waals surface area contributed by atoms with E-state index in [-0.39, 0.29) is 24.0 Å². The Bertz CT molecular complexity index is 97.0. The van der Waals surface area contributed by atoms with Crippen LogP contribution in [0.3, 0.4) is 0 Å². The van der Waals surface area contributed by atoms with Crippen LogP contribution in [0.1, 0.15) is 0 Å². The zero-order valence-electron chi connectivity index (χ0n) is 5.00. The van der Waals surface area contributed by atoms with Crippen molar-refractivity contribution in [2.45, 2.75) is 6.17 Å². The van der Waals surface area contributed by atoms with Crippen molar-refractivity contribution in [2.24, 2.45) is 0 Å². The lowest BCUT2D eigenvalue weighted by Gasteiger charge is -2.18. The Morgan fingerprint density at radius 1 is 1.67 bits per heavy atom. The molecule has 9 heavy (non-hydrogen) atoms. The Hall–Kier alpha value is 0.580. The summed E-state index contributed by atoms with van der Waals surface area (Å²) in [5, 5.41) is 6.30. The number of hydrogen-bond acceptors (Lipinski definition) is 3. The third-order valence-corrected chi connectivity index (χ3v) is 1.45. The predicted octanol–water partition coefficient (Wildman–Crippen LogP) is 0.567. The predicted molar refractivity (Wildman–Crippen MR) is 53.3 cm³/mol. The molecule has 0 saturated heterocycles. The monoisotopic (exact) mass is 258 g/mol. The lowest BCUT2D eigenvalue weighted by Crippen LogP contribution is -2.43. The summed E-state index contributed by atoms with van der Waals surface area (Å²) in [5.41, 5.74) is 0. The highest BCUT2D eigenvalue weighted by Gasteiger charge is 2.02. The Labute approximate surface area is 77.9 Å². The summed E-state index contributed by atoms with van der Waals surface area (Å²) in [6, 6.07) is 0. The smallest absolute Gasteiger partial charge is 0.0855 e. The van der Waals surface area contributed by atoms with Crippen LogP contribution in [0.4, 0.5) is 0 Å². The van der Waals surface area contributed by atoms with Gasteiger partial charge in [0.2, 0.25) is 0 Å². The van der Waals surface area contributed by atoms with Gasteiger partial charge in [0.1, 0.15) is 0 Å². The molecule has 2 N–H and O–H groups in total. The fourth-order valence-electron chi connectivity index (χ4n) is 0.630. The summed E-state index contributed by atoms with van der Waals surface area (Å²) < 4.78 is 0. The van der Waals surface area contributed by atoms with Crippen LogP contribution >= 0.6 is 36.6 Å². The fourth-order valence-corrected chi connectivity index (χ4v) is 0.864. The van der Waals surface area contributed by atoms with Gasteiger partial charge in [0, 0.05) is 12.3 Å². The third kappa shape index (κ3) is 3.32. The minimum atomic E-state index is 0. The van der Waals surface area contributed by atoms with E-state index in [9.17, 15) is 0 Å². The van der Waals surface area contributed by atoms with Gasteiger partial charge in [-0.15, -0.1) is 24.0 Å². The summed E-state index contributed by atoms with van der Waals surface area (Å²) in [5.74, 6) is 0.838. The van der Waals surface area contributed by atoms with Gasteiger partial charge in [-0.2, -0.15) is 12.6 Å². The van der Waals surface area contributed by atoms with Crippen molar-refractivity contribution < 1.29 is 0 Å². The van der Waals surface area contributed by atoms with E-state index in [0.29, 0.717) is 6.17 Å². The second-order valence-electron chi connectivity index (χ2n) is 1.71. The van der Waals surface area contributed by atoms with E-state index < -0.39 is 0 Å². The minimum Gasteiger partial charge on any atom is -0.375 e. The number of halogens is 1. The van der Waals surface area contributed by atoms with E-state index in [0.717, 1.165) is 12.3 Å². The lowest BCUT2D eigenvalue weighted by molar-refractivity contribution is 0.523. The molecule has 0 fully saturated rings. The quantitative estimate of drug-likeness (QED) is 0.473. The van der Waals surface area contributed by atoms with Gasteiger partial charge in [-0.25, -0.2) is 0 Å². The van der Waals surface area contributed by atoms with Crippen molar-refractivity contribution in [3.63, 3.8) is 0 Å². The molecule has 0 spiro atoms. The van der Waals surface area contributed by atoms with Gasteiger partial charge in [0.25, 0.3) is 0 Å². The highest BCUT2D eigenvalue weighted by molar-refractivity contribution is 14.0. The maximum absolute atomic E-state index is 4.10. The first kappa shape index (κ1) is 9.58. The van der Waals surface area contributed by atoms with Gasteiger partial charge < -0.3 is 5.32 Å². The maximum Gasteiger partial charge on any atom is 0.0855 e. The highest BCUT2D eigenvalue weighted by Crippen LogP contribution is 1.86. The van der Waals surface area contributed by atoms with Crippen molar-refractivity contribution >= 4 is 36.6 Å². The van der Waals surface area contributed by atoms with Crippen molar-refractivity contribution in [1.82, 2.24) is 10.6 Å². The molecule has 54 valence electrons. The molecular formula is C5H11IN2S. The molecule has 0 aromatic heterocycles. The Morgan fingerprint density at radius 2 is 2.44 bits per heavy atom. The van der Waals surface area contributed by atoms with Gasteiger partial charge in [0.05, 0.1) is 6.17 Å². The van der Waals surface area contributed by atoms with Crippen molar-refractivity contribution in [2.75, 3.05) is 12.3 Å². The van der Waals surface area contributed by atoms with Gasteiger partial charge in [-0.05, 0) is 6.20 Å². The van der Waals surface area contributed by atoms with E-state index in [1.165, 1.54) is 0 Å². The van der Waals surface area contributed by atoms with E-state index in [4.69, 9.17) is 0 Å². The first-order valence-corrected chi connectivity index (χ1v) is 3.32. The average molecular weight is 258 g/mol. The van der Waals surface area contributed by atoms with Gasteiger partial charge in [-0.1, -0.05) is 6.08 Å². The molecular weight excluding hydrogens is 247 g/mol. The Morgan fingerprint density at radius 3 is 2.78 bits per heavy atom. The molecule has 0 aromatic carbocycles. The second-order valence-corrected chi connectivity index (χ2v) is 2.08. The normalized spacial score (nSPS) is 24.3. The standard InChI is InChI=1S/C5H10N2S.HI/c8-4-5-6-2-1-3-7-5;/h1-2,5-8H,3-4H2;1H. The molecule has 2 nitrogen and oxygen atoms in total. The molecule has 1 aliphatic rings. The van der Waals surface area contributed by atoms with E-state index in [2.05, 4.69) is 23.3 Å². The van der Waals surface area contributed by atoms with Crippen LogP contribution < -0.4 is 10.6 Å². The zero-order chi connectivity index (χ0) is 5.82. The summed E-state index contributed by atoms with van der Waals surface area (Å²) in [6.07, 6.45) is 4.36. The van der Waals surface area contributed by atoms with Crippen LogP contribution in [0.5, 0.6) is 0 Å². The highest BCUT2D eigenvalue weighted by atomic mass is 127. The van der Waals surface area contributed by atoms with Crippen molar-refractivity contribution in [3.8, 4) is 0 Å². The molecule has 0 bridgehead atoms. The first-order chi connectivity index (χ1) is 3.93. The van der Waals surface area contributed by atoms with E-state index in [1.54, 1.807) is 0 Å². The third-order valence-electron chi connectivity index (χ3n) is 1.08. The number of nitrogens with one attached hydrogen (secondary N) is 2. The molecule has 1 aliphatic heterocycles. The Kier molecular flexibility index (Phi) is 5.72. The first-order valence-electron chi connectivity index (χ1n) is 2.69. The molecule has 1 atom stereocenters. The molecule has 0 saturated carbocycles. The maximum atomic E-state index is 4.10. The van der Waals surface area contributed by atoms with Crippen LogP contribution in [-0.2, 0) is 0 Å². The van der Waals surface area contributed by atoms with Crippen LogP contribution in [0.2, 0.25) is 0 Å².